The third-order valence-electron chi connectivity index (χ3n) is 6.15. The highest BCUT2D eigenvalue weighted by Crippen LogP contribution is 2.28. The highest BCUT2D eigenvalue weighted by atomic mass is 35.5. The van der Waals surface area contributed by atoms with Crippen LogP contribution in [0.5, 0.6) is 0 Å². The Bertz CT molecular complexity index is 1550. The highest BCUT2D eigenvalue weighted by Gasteiger charge is 2.22. The molecule has 39 heavy (non-hydrogen) atoms. The topological polar surface area (TPSA) is 116 Å². The lowest BCUT2D eigenvalue weighted by molar-refractivity contribution is 0.0699. The van der Waals surface area contributed by atoms with Crippen molar-refractivity contribution in [3.05, 3.63) is 84.1 Å². The van der Waals surface area contributed by atoms with E-state index in [2.05, 4.69) is 19.5 Å². The minimum Gasteiger partial charge on any atom is -0.478 e. The average Bonchev–Trinajstić information content (AvgIpc) is 2.88. The summed E-state index contributed by atoms with van der Waals surface area (Å²) in [5.74, 6) is 0.388. The number of halogens is 3. The fourth-order valence-electron chi connectivity index (χ4n) is 4.32. The molecule has 0 amide bonds. The normalized spacial score (nSPS) is 13.1. The van der Waals surface area contributed by atoms with Gasteiger partial charge in [-0.3, -0.25) is 4.72 Å². The molecule has 2 aromatic carbocycles. The minimum absolute atomic E-state index is 0. The maximum Gasteiger partial charge on any atom is 0.336 e. The number of aromatic carboxylic acids is 1. The number of fused-ring (bicyclic) bond motifs is 1. The molecular formula is C26H28Cl3N5O4S. The number of piperazine rings is 1. The number of carboxylic acid groups (broad SMARTS) is 1. The number of nitrogens with zero attached hydrogens (tertiary/aromatic N) is 4. The summed E-state index contributed by atoms with van der Waals surface area (Å²) in [7, 11) is -3.83. The van der Waals surface area contributed by atoms with E-state index in [0.717, 1.165) is 24.5 Å². The molecular weight excluding hydrogens is 585 g/mol. The lowest BCUT2D eigenvalue weighted by Crippen LogP contribution is -2.47. The third kappa shape index (κ3) is 7.02. The zero-order valence-corrected chi connectivity index (χ0v) is 24.1. The first kappa shape index (κ1) is 31.9. The van der Waals surface area contributed by atoms with E-state index in [1.165, 1.54) is 12.1 Å². The molecule has 0 saturated carbocycles. The van der Waals surface area contributed by atoms with Gasteiger partial charge in [0.2, 0.25) is 0 Å². The van der Waals surface area contributed by atoms with Gasteiger partial charge in [0.1, 0.15) is 11.6 Å². The number of hydrogen-bond acceptors (Lipinski definition) is 7. The number of aryl methyl sites for hydroxylation is 1. The first-order chi connectivity index (χ1) is 17.3. The van der Waals surface area contributed by atoms with Gasteiger partial charge in [-0.05, 0) is 61.0 Å². The number of pyridine rings is 2. The molecule has 1 saturated heterocycles. The molecule has 1 fully saturated rings. The second kappa shape index (κ2) is 13.2. The van der Waals surface area contributed by atoms with Crippen molar-refractivity contribution in [1.29, 1.82) is 0 Å². The van der Waals surface area contributed by atoms with Crippen molar-refractivity contribution >= 4 is 81.4 Å². The number of aromatic nitrogens is 2. The Balaban J connectivity index is 0.00000178. The van der Waals surface area contributed by atoms with Crippen molar-refractivity contribution in [3.8, 4) is 0 Å². The van der Waals surface area contributed by atoms with E-state index in [0.29, 0.717) is 29.8 Å². The van der Waals surface area contributed by atoms with Crippen LogP contribution in [0.25, 0.3) is 10.9 Å². The molecule has 0 spiro atoms. The average molecular weight is 613 g/mol. The maximum absolute atomic E-state index is 12.8. The first-order valence-electron chi connectivity index (χ1n) is 11.5. The molecule has 13 heteroatoms. The van der Waals surface area contributed by atoms with Crippen molar-refractivity contribution < 1.29 is 18.3 Å². The second-order valence-corrected chi connectivity index (χ2v) is 10.3. The number of carboxylic acids is 1. The van der Waals surface area contributed by atoms with Crippen LogP contribution in [-0.2, 0) is 10.0 Å². The van der Waals surface area contributed by atoms with Gasteiger partial charge in [-0.15, -0.1) is 37.2 Å². The largest absolute Gasteiger partial charge is 0.478 e. The van der Waals surface area contributed by atoms with E-state index >= 15 is 0 Å². The number of rotatable bonds is 6. The number of sulfonamides is 1. The van der Waals surface area contributed by atoms with Crippen LogP contribution in [0.4, 0.5) is 17.3 Å². The summed E-state index contributed by atoms with van der Waals surface area (Å²) in [6, 6.07) is 18.7. The molecule has 208 valence electrons. The van der Waals surface area contributed by atoms with Crippen LogP contribution >= 0.6 is 37.2 Å². The summed E-state index contributed by atoms with van der Waals surface area (Å²) in [4.78, 5) is 25.6. The van der Waals surface area contributed by atoms with Gasteiger partial charge in [-0.1, -0.05) is 18.2 Å². The van der Waals surface area contributed by atoms with E-state index in [1.807, 2.05) is 31.2 Å². The zero-order valence-electron chi connectivity index (χ0n) is 20.9. The third-order valence-corrected chi connectivity index (χ3v) is 7.53. The first-order valence-corrected chi connectivity index (χ1v) is 13.0. The summed E-state index contributed by atoms with van der Waals surface area (Å²) in [5, 5.41) is 10.3. The molecule has 0 radical (unpaired) electrons. The Kier molecular flexibility index (Phi) is 10.8. The monoisotopic (exact) mass is 611 g/mol. The number of nitrogens with one attached hydrogen (secondary N) is 1. The Hall–Kier alpha value is -3.31. The Morgan fingerprint density at radius 3 is 2.18 bits per heavy atom. The summed E-state index contributed by atoms with van der Waals surface area (Å²) < 4.78 is 28.2. The fraction of sp³-hybridized carbons (Fsp3) is 0.192. The van der Waals surface area contributed by atoms with E-state index < -0.39 is 16.0 Å². The van der Waals surface area contributed by atoms with Gasteiger partial charge in [0, 0.05) is 43.4 Å². The summed E-state index contributed by atoms with van der Waals surface area (Å²) >= 11 is 0. The molecule has 0 bridgehead atoms. The molecule has 5 rings (SSSR count). The van der Waals surface area contributed by atoms with Crippen LogP contribution in [0.1, 0.15) is 15.9 Å². The van der Waals surface area contributed by atoms with E-state index in [1.54, 1.807) is 36.5 Å². The lowest BCUT2D eigenvalue weighted by atomic mass is 10.1. The molecule has 9 nitrogen and oxygen atoms in total. The molecule has 2 N–H and O–H groups in total. The highest BCUT2D eigenvalue weighted by molar-refractivity contribution is 7.92. The van der Waals surface area contributed by atoms with Gasteiger partial charge in [0.05, 0.1) is 16.0 Å². The van der Waals surface area contributed by atoms with Crippen molar-refractivity contribution in [2.75, 3.05) is 40.7 Å². The van der Waals surface area contributed by atoms with Gasteiger partial charge in [0.15, 0.2) is 0 Å². The summed E-state index contributed by atoms with van der Waals surface area (Å²) in [5.41, 5.74) is 1.64. The molecule has 1 aliphatic rings. The van der Waals surface area contributed by atoms with Gasteiger partial charge in [-0.2, -0.15) is 0 Å². The van der Waals surface area contributed by atoms with Crippen LogP contribution in [0, 0.1) is 6.92 Å². The van der Waals surface area contributed by atoms with E-state index in [9.17, 15) is 18.3 Å². The molecule has 0 unspecified atom stereocenters. The minimum atomic E-state index is -3.83. The van der Waals surface area contributed by atoms with Crippen molar-refractivity contribution in [3.63, 3.8) is 0 Å². The summed E-state index contributed by atoms with van der Waals surface area (Å²) in [6.45, 7) is 4.62. The summed E-state index contributed by atoms with van der Waals surface area (Å²) in [6.07, 6.45) is 1.76. The van der Waals surface area contributed by atoms with E-state index in [4.69, 9.17) is 4.98 Å². The number of carbonyl (C=O) groups is 1. The van der Waals surface area contributed by atoms with Crippen LogP contribution in [0.3, 0.4) is 0 Å². The molecule has 4 aromatic rings. The molecule has 0 aliphatic carbocycles. The standard InChI is InChI=1S/C26H25N5O4S.3ClH/c1-18-5-4-6-20(15-18)36(34,35)29-19-8-9-23-21(16-19)22(26(32)33)17-25(28-23)31-13-11-30(12-14-31)24-7-2-3-10-27-24;;;/h2-10,15-17,29H,11-14H2,1H3,(H,32,33);3*1H. The van der Waals surface area contributed by atoms with Crippen molar-refractivity contribution in [2.24, 2.45) is 0 Å². The predicted octanol–water partition coefficient (Wildman–Crippen LogP) is 5.03. The van der Waals surface area contributed by atoms with Crippen LogP contribution in [0.2, 0.25) is 0 Å². The number of hydrogen-bond donors (Lipinski definition) is 2. The SMILES string of the molecule is Cc1cccc(S(=O)(=O)Nc2ccc3nc(N4CCN(c5ccccn5)CC4)cc(C(=O)O)c3c2)c1.Cl.Cl.Cl. The van der Waals surface area contributed by atoms with Crippen LogP contribution < -0.4 is 14.5 Å². The molecule has 0 atom stereocenters. The van der Waals surface area contributed by atoms with Gasteiger partial charge in [-0.25, -0.2) is 23.2 Å². The second-order valence-electron chi connectivity index (χ2n) is 8.65. The Morgan fingerprint density at radius 1 is 0.872 bits per heavy atom. The molecule has 3 heterocycles. The maximum atomic E-state index is 12.8. The van der Waals surface area contributed by atoms with Crippen LogP contribution in [0.15, 0.2) is 77.8 Å². The fourth-order valence-corrected chi connectivity index (χ4v) is 5.47. The lowest BCUT2D eigenvalue weighted by Gasteiger charge is -2.36. The Labute approximate surface area is 245 Å². The number of anilines is 3. The van der Waals surface area contributed by atoms with Crippen molar-refractivity contribution in [1.82, 2.24) is 9.97 Å². The van der Waals surface area contributed by atoms with E-state index in [-0.39, 0.29) is 53.4 Å². The van der Waals surface area contributed by atoms with Gasteiger partial charge in [0.25, 0.3) is 10.0 Å². The number of benzene rings is 2. The van der Waals surface area contributed by atoms with Crippen molar-refractivity contribution in [2.45, 2.75) is 11.8 Å². The zero-order chi connectivity index (χ0) is 25.3. The Morgan fingerprint density at radius 2 is 1.56 bits per heavy atom. The van der Waals surface area contributed by atoms with Gasteiger partial charge < -0.3 is 14.9 Å². The molecule has 1 aliphatic heterocycles. The quantitative estimate of drug-likeness (QED) is 0.312. The smallest absolute Gasteiger partial charge is 0.336 e. The van der Waals surface area contributed by atoms with Crippen LogP contribution in [-0.4, -0.2) is 55.6 Å². The molecule has 2 aromatic heterocycles. The predicted molar refractivity (Wildman–Crippen MR) is 161 cm³/mol. The van der Waals surface area contributed by atoms with Gasteiger partial charge >= 0.3 is 5.97 Å².